The molecule has 0 fully saturated rings. The van der Waals surface area contributed by atoms with E-state index in [9.17, 15) is 4.79 Å². The maximum atomic E-state index is 12.3. The van der Waals surface area contributed by atoms with Gasteiger partial charge in [0.2, 0.25) is 0 Å². The minimum Gasteiger partial charge on any atom is -0.342 e. The molecule has 122 valence electrons. The zero-order valence-corrected chi connectivity index (χ0v) is 13.4. The summed E-state index contributed by atoms with van der Waals surface area (Å²) in [7, 11) is 0. The fraction of sp³-hybridized carbons (Fsp3) is 0.250. The number of nitrogens with zero attached hydrogens (tertiary/aromatic N) is 6. The molecule has 0 spiro atoms. The summed E-state index contributed by atoms with van der Waals surface area (Å²) in [6.45, 7) is 4.52. The van der Waals surface area contributed by atoms with E-state index in [-0.39, 0.29) is 11.9 Å². The summed E-state index contributed by atoms with van der Waals surface area (Å²) in [5.41, 5.74) is 1.19. The van der Waals surface area contributed by atoms with Gasteiger partial charge in [-0.15, -0.1) is 0 Å². The van der Waals surface area contributed by atoms with Gasteiger partial charge in [-0.1, -0.05) is 0 Å². The van der Waals surface area contributed by atoms with E-state index in [1.807, 2.05) is 26.0 Å². The molecule has 24 heavy (non-hydrogen) atoms. The number of rotatable bonds is 5. The van der Waals surface area contributed by atoms with Gasteiger partial charge in [-0.3, -0.25) is 9.78 Å². The molecular formula is C16H17N7O. The average molecular weight is 323 g/mol. The molecule has 0 aromatic carbocycles. The second-order valence-electron chi connectivity index (χ2n) is 5.17. The van der Waals surface area contributed by atoms with Crippen LogP contribution in [-0.2, 0) is 6.54 Å². The largest absolute Gasteiger partial charge is 0.342 e. The van der Waals surface area contributed by atoms with Gasteiger partial charge in [0, 0.05) is 36.9 Å². The van der Waals surface area contributed by atoms with Gasteiger partial charge in [0.1, 0.15) is 12.2 Å². The number of hydrogen-bond donors (Lipinski definition) is 1. The molecule has 0 saturated heterocycles. The molecule has 3 aromatic heterocycles. The highest BCUT2D eigenvalue weighted by Gasteiger charge is 2.16. The molecule has 3 aromatic rings. The van der Waals surface area contributed by atoms with Crippen LogP contribution in [0.15, 0.2) is 43.2 Å². The molecule has 1 N–H and O–H groups in total. The van der Waals surface area contributed by atoms with Crippen LogP contribution in [-0.4, -0.2) is 35.6 Å². The van der Waals surface area contributed by atoms with Gasteiger partial charge in [-0.2, -0.15) is 5.10 Å². The van der Waals surface area contributed by atoms with Crippen molar-refractivity contribution in [2.75, 3.05) is 0 Å². The average Bonchev–Trinajstić information content (AvgIpc) is 3.11. The van der Waals surface area contributed by atoms with E-state index >= 15 is 0 Å². The van der Waals surface area contributed by atoms with E-state index in [0.717, 1.165) is 5.56 Å². The zero-order valence-electron chi connectivity index (χ0n) is 13.4. The van der Waals surface area contributed by atoms with Gasteiger partial charge in [-0.05, 0) is 26.0 Å². The first-order chi connectivity index (χ1) is 11.7. The highest BCUT2D eigenvalue weighted by atomic mass is 16.1. The monoisotopic (exact) mass is 323 g/mol. The van der Waals surface area contributed by atoms with Crippen LogP contribution in [0.3, 0.4) is 0 Å². The summed E-state index contributed by atoms with van der Waals surface area (Å²) in [6.07, 6.45) is 7.84. The molecular weight excluding hydrogens is 306 g/mol. The van der Waals surface area contributed by atoms with Gasteiger partial charge >= 0.3 is 0 Å². The van der Waals surface area contributed by atoms with Crippen LogP contribution < -0.4 is 5.32 Å². The number of hydrogen-bond acceptors (Lipinski definition) is 6. The van der Waals surface area contributed by atoms with Crippen LogP contribution in [0, 0.1) is 0 Å². The third-order valence-electron chi connectivity index (χ3n) is 3.51. The first-order valence-corrected chi connectivity index (χ1v) is 7.60. The smallest absolute Gasteiger partial charge is 0.254 e. The summed E-state index contributed by atoms with van der Waals surface area (Å²) in [4.78, 5) is 29.0. The molecule has 0 aliphatic carbocycles. The maximum Gasteiger partial charge on any atom is 0.254 e. The van der Waals surface area contributed by atoms with Crippen molar-refractivity contribution >= 4 is 5.91 Å². The number of pyridine rings is 1. The summed E-state index contributed by atoms with van der Waals surface area (Å²) < 4.78 is 1.74. The normalized spacial score (nSPS) is 11.9. The van der Waals surface area contributed by atoms with Crippen LogP contribution in [0.5, 0.6) is 0 Å². The Hall–Kier alpha value is -3.16. The lowest BCUT2D eigenvalue weighted by Crippen LogP contribution is -2.29. The van der Waals surface area contributed by atoms with E-state index in [2.05, 4.69) is 30.4 Å². The Kier molecular flexibility index (Phi) is 4.55. The van der Waals surface area contributed by atoms with E-state index < -0.39 is 0 Å². The van der Waals surface area contributed by atoms with Gasteiger partial charge < -0.3 is 5.32 Å². The zero-order chi connectivity index (χ0) is 16.9. The minimum absolute atomic E-state index is 0.258. The predicted molar refractivity (Wildman–Crippen MR) is 86.8 cm³/mol. The number of aryl methyl sites for hydroxylation is 1. The van der Waals surface area contributed by atoms with Crippen LogP contribution in [0.2, 0.25) is 0 Å². The van der Waals surface area contributed by atoms with Crippen LogP contribution in [0.1, 0.15) is 36.1 Å². The molecule has 8 nitrogen and oxygen atoms in total. The Morgan fingerprint density at radius 1 is 1.25 bits per heavy atom. The Bertz CT molecular complexity index is 814. The van der Waals surface area contributed by atoms with Gasteiger partial charge in [0.25, 0.3) is 5.91 Å². The molecule has 1 amide bonds. The van der Waals surface area contributed by atoms with Crippen molar-refractivity contribution in [3.8, 4) is 11.4 Å². The Morgan fingerprint density at radius 3 is 2.71 bits per heavy atom. The lowest BCUT2D eigenvalue weighted by molar-refractivity contribution is 0.0936. The number of carbonyl (C=O) groups excluding carboxylic acids is 1. The molecule has 0 aliphatic heterocycles. The van der Waals surface area contributed by atoms with Crippen molar-refractivity contribution in [1.82, 2.24) is 35.0 Å². The third-order valence-corrected chi connectivity index (χ3v) is 3.51. The summed E-state index contributed by atoms with van der Waals surface area (Å²) in [5.74, 6) is 0.975. The van der Waals surface area contributed by atoms with Crippen molar-refractivity contribution in [2.24, 2.45) is 0 Å². The van der Waals surface area contributed by atoms with Gasteiger partial charge in [0.15, 0.2) is 5.82 Å². The Labute approximate surface area is 139 Å². The molecule has 0 radical (unpaired) electrons. The second-order valence-corrected chi connectivity index (χ2v) is 5.17. The third kappa shape index (κ3) is 3.27. The van der Waals surface area contributed by atoms with Crippen LogP contribution in [0.4, 0.5) is 0 Å². The van der Waals surface area contributed by atoms with Crippen molar-refractivity contribution in [3.05, 3.63) is 54.6 Å². The topological polar surface area (TPSA) is 98.5 Å². The minimum atomic E-state index is -0.266. The van der Waals surface area contributed by atoms with E-state index in [0.29, 0.717) is 23.8 Å². The lowest BCUT2D eigenvalue weighted by Gasteiger charge is -2.13. The fourth-order valence-corrected chi connectivity index (χ4v) is 2.29. The number of amides is 1. The predicted octanol–water partition coefficient (Wildman–Crippen LogP) is 1.64. The van der Waals surface area contributed by atoms with Crippen molar-refractivity contribution in [3.63, 3.8) is 0 Å². The van der Waals surface area contributed by atoms with Crippen molar-refractivity contribution < 1.29 is 4.79 Å². The molecule has 3 heterocycles. The highest BCUT2D eigenvalue weighted by Crippen LogP contribution is 2.13. The molecule has 0 aliphatic rings. The van der Waals surface area contributed by atoms with E-state index in [1.54, 1.807) is 17.1 Å². The van der Waals surface area contributed by atoms with Crippen molar-refractivity contribution in [1.29, 1.82) is 0 Å². The fourth-order valence-electron chi connectivity index (χ4n) is 2.29. The molecule has 8 heteroatoms. The quantitative estimate of drug-likeness (QED) is 0.766. The molecule has 3 rings (SSSR count). The second kappa shape index (κ2) is 6.95. The van der Waals surface area contributed by atoms with Crippen LogP contribution >= 0.6 is 0 Å². The molecule has 1 atom stereocenters. The highest BCUT2D eigenvalue weighted by molar-refractivity contribution is 5.93. The lowest BCUT2D eigenvalue weighted by atomic mass is 10.2. The van der Waals surface area contributed by atoms with Gasteiger partial charge in [0.05, 0.1) is 11.6 Å². The maximum absolute atomic E-state index is 12.3. The summed E-state index contributed by atoms with van der Waals surface area (Å²) in [5, 5.41) is 6.98. The SMILES string of the molecule is CCn1ncnc1C(C)NC(=O)c1cnc(-c2cccnc2)nc1. The Morgan fingerprint density at radius 2 is 2.04 bits per heavy atom. The number of carbonyl (C=O) groups is 1. The van der Waals surface area contributed by atoms with Crippen molar-refractivity contribution in [2.45, 2.75) is 26.4 Å². The van der Waals surface area contributed by atoms with E-state index in [4.69, 9.17) is 0 Å². The molecule has 1 unspecified atom stereocenters. The standard InChI is InChI=1S/C16H17N7O/c1-3-23-15(20-10-21-23)11(2)22-16(24)13-8-18-14(19-9-13)12-5-4-6-17-7-12/h4-11H,3H2,1-2H3,(H,22,24). The summed E-state index contributed by atoms with van der Waals surface area (Å²) >= 11 is 0. The first-order valence-electron chi connectivity index (χ1n) is 7.60. The first kappa shape index (κ1) is 15.7. The number of aromatic nitrogens is 6. The van der Waals surface area contributed by atoms with Gasteiger partial charge in [-0.25, -0.2) is 19.6 Å². The molecule has 0 saturated carbocycles. The van der Waals surface area contributed by atoms with Crippen LogP contribution in [0.25, 0.3) is 11.4 Å². The summed E-state index contributed by atoms with van der Waals surface area (Å²) in [6, 6.07) is 3.41. The number of nitrogens with one attached hydrogen (secondary N) is 1. The molecule has 0 bridgehead atoms. The van der Waals surface area contributed by atoms with E-state index in [1.165, 1.54) is 18.7 Å². The Balaban J connectivity index is 1.71.